The Morgan fingerprint density at radius 2 is 1.54 bits per heavy atom. The van der Waals surface area contributed by atoms with E-state index in [1.807, 2.05) is 0 Å². The van der Waals surface area contributed by atoms with Crippen LogP contribution >= 0.6 is 0 Å². The number of ether oxygens (including phenoxy) is 1. The molecule has 26 heavy (non-hydrogen) atoms. The van der Waals surface area contributed by atoms with E-state index in [1.54, 1.807) is 6.08 Å². The molecule has 1 aliphatic rings. The molecular weight excluding hydrogens is 316 g/mol. The molecule has 138 valence electrons. The first-order chi connectivity index (χ1) is 12.8. The number of benzene rings is 2. The average Bonchev–Trinajstić information content (AvgIpc) is 2.70. The van der Waals surface area contributed by atoms with Crippen LogP contribution in [0.4, 0.5) is 0 Å². The van der Waals surface area contributed by atoms with Crippen molar-refractivity contribution in [1.29, 1.82) is 0 Å². The first-order valence-corrected chi connectivity index (χ1v) is 10.2. The zero-order chi connectivity index (χ0) is 18.2. The predicted octanol–water partition coefficient (Wildman–Crippen LogP) is 7.13. The summed E-state index contributed by atoms with van der Waals surface area (Å²) < 4.78 is 5.50. The summed E-state index contributed by atoms with van der Waals surface area (Å²) in [6, 6.07) is 18.0. The second-order valence-corrected chi connectivity index (χ2v) is 7.63. The Hall–Kier alpha value is -1.86. The van der Waals surface area contributed by atoms with Gasteiger partial charge in [0.2, 0.25) is 0 Å². The zero-order valence-electron chi connectivity index (χ0n) is 16.1. The van der Waals surface area contributed by atoms with Crippen molar-refractivity contribution in [3.63, 3.8) is 0 Å². The molecular formula is C25H32O. The highest BCUT2D eigenvalue weighted by atomic mass is 16.5. The summed E-state index contributed by atoms with van der Waals surface area (Å²) in [5, 5.41) is 0. The highest BCUT2D eigenvalue weighted by molar-refractivity contribution is 5.64. The molecule has 1 fully saturated rings. The van der Waals surface area contributed by atoms with Gasteiger partial charge in [0, 0.05) is 0 Å². The first kappa shape index (κ1) is 18.9. The lowest BCUT2D eigenvalue weighted by atomic mass is 9.77. The maximum atomic E-state index is 5.50. The molecule has 0 heterocycles. The number of hydrogen-bond donors (Lipinski definition) is 0. The maximum Gasteiger partial charge on any atom is 0.0721 e. The predicted molar refractivity (Wildman–Crippen MR) is 111 cm³/mol. The van der Waals surface area contributed by atoms with Gasteiger partial charge in [0.25, 0.3) is 0 Å². The third-order valence-corrected chi connectivity index (χ3v) is 5.72. The lowest BCUT2D eigenvalue weighted by Crippen LogP contribution is -2.13. The van der Waals surface area contributed by atoms with Crippen molar-refractivity contribution in [3.8, 4) is 11.1 Å². The number of hydrogen-bond acceptors (Lipinski definition) is 1. The van der Waals surface area contributed by atoms with Crippen LogP contribution in [0.15, 0.2) is 61.2 Å². The van der Waals surface area contributed by atoms with Gasteiger partial charge in [-0.3, -0.25) is 0 Å². The molecule has 0 aromatic heterocycles. The van der Waals surface area contributed by atoms with E-state index in [0.29, 0.717) is 13.2 Å². The van der Waals surface area contributed by atoms with Gasteiger partial charge in [0.15, 0.2) is 0 Å². The molecule has 0 unspecified atom stereocenters. The molecule has 0 N–H and O–H groups in total. The van der Waals surface area contributed by atoms with Crippen molar-refractivity contribution in [2.45, 2.75) is 58.0 Å². The van der Waals surface area contributed by atoms with E-state index < -0.39 is 0 Å². The van der Waals surface area contributed by atoms with Crippen molar-refractivity contribution >= 4 is 0 Å². The van der Waals surface area contributed by atoms with Gasteiger partial charge in [-0.05, 0) is 59.8 Å². The smallest absolute Gasteiger partial charge is 0.0721 e. The van der Waals surface area contributed by atoms with Crippen molar-refractivity contribution in [1.82, 2.24) is 0 Å². The quantitative estimate of drug-likeness (QED) is 0.364. The van der Waals surface area contributed by atoms with Gasteiger partial charge in [-0.1, -0.05) is 74.4 Å². The van der Waals surface area contributed by atoms with Crippen LogP contribution in [-0.4, -0.2) is 6.61 Å². The third-order valence-electron chi connectivity index (χ3n) is 5.72. The van der Waals surface area contributed by atoms with Gasteiger partial charge in [0.1, 0.15) is 0 Å². The van der Waals surface area contributed by atoms with Crippen LogP contribution in [0.25, 0.3) is 11.1 Å². The molecule has 1 heteroatoms. The Morgan fingerprint density at radius 1 is 0.923 bits per heavy atom. The average molecular weight is 349 g/mol. The van der Waals surface area contributed by atoms with E-state index in [4.69, 9.17) is 4.74 Å². The molecule has 1 saturated carbocycles. The van der Waals surface area contributed by atoms with Crippen LogP contribution < -0.4 is 0 Å². The monoisotopic (exact) mass is 348 g/mol. The Balaban J connectivity index is 1.58. The van der Waals surface area contributed by atoms with Crippen LogP contribution in [0.2, 0.25) is 0 Å². The summed E-state index contributed by atoms with van der Waals surface area (Å²) >= 11 is 0. The second kappa shape index (κ2) is 9.73. The molecule has 0 radical (unpaired) electrons. The molecule has 2 aromatic rings. The molecule has 1 nitrogen and oxygen atoms in total. The van der Waals surface area contributed by atoms with E-state index in [1.165, 1.54) is 60.8 Å². The molecule has 0 bridgehead atoms. The van der Waals surface area contributed by atoms with Gasteiger partial charge in [-0.25, -0.2) is 0 Å². The van der Waals surface area contributed by atoms with E-state index in [-0.39, 0.29) is 0 Å². The summed E-state index contributed by atoms with van der Waals surface area (Å²) in [4.78, 5) is 0. The Morgan fingerprint density at radius 3 is 2.12 bits per heavy atom. The molecule has 0 amide bonds. The van der Waals surface area contributed by atoms with E-state index in [9.17, 15) is 0 Å². The molecule has 3 rings (SSSR count). The SMILES string of the molecule is C=CCOCc1ccc(-c2ccc([C@H]3CC[C@H](CCC)CC3)cc2)cc1. The van der Waals surface area contributed by atoms with Crippen molar-refractivity contribution < 1.29 is 4.74 Å². The summed E-state index contributed by atoms with van der Waals surface area (Å²) in [7, 11) is 0. The molecule has 1 aliphatic carbocycles. The maximum absolute atomic E-state index is 5.50. The molecule has 2 aromatic carbocycles. The van der Waals surface area contributed by atoms with Gasteiger partial charge < -0.3 is 4.74 Å². The summed E-state index contributed by atoms with van der Waals surface area (Å²) in [5.41, 5.74) is 5.30. The lowest BCUT2D eigenvalue weighted by Gasteiger charge is -2.28. The first-order valence-electron chi connectivity index (χ1n) is 10.2. The largest absolute Gasteiger partial charge is 0.373 e. The van der Waals surface area contributed by atoms with E-state index in [0.717, 1.165) is 11.8 Å². The summed E-state index contributed by atoms with van der Waals surface area (Å²) in [6.45, 7) is 7.23. The second-order valence-electron chi connectivity index (χ2n) is 7.63. The fourth-order valence-electron chi connectivity index (χ4n) is 4.19. The van der Waals surface area contributed by atoms with Crippen LogP contribution in [0, 0.1) is 5.92 Å². The summed E-state index contributed by atoms with van der Waals surface area (Å²) in [5.74, 6) is 1.74. The highest BCUT2D eigenvalue weighted by Crippen LogP contribution is 2.38. The van der Waals surface area contributed by atoms with Crippen LogP contribution in [-0.2, 0) is 11.3 Å². The van der Waals surface area contributed by atoms with E-state index >= 15 is 0 Å². The van der Waals surface area contributed by atoms with Gasteiger partial charge in [0.05, 0.1) is 13.2 Å². The standard InChI is InChI=1S/C25H32O/c1-3-5-20-6-10-22(11-7-20)24-14-16-25(17-15-24)23-12-8-21(9-13-23)19-26-18-4-2/h4,8-9,12-17,20,22H,2-3,5-7,10-11,18-19H2,1H3/t20-,22-. The topological polar surface area (TPSA) is 9.23 Å². The van der Waals surface area contributed by atoms with Crippen LogP contribution in [0.5, 0.6) is 0 Å². The van der Waals surface area contributed by atoms with Crippen LogP contribution in [0.1, 0.15) is 62.5 Å². The lowest BCUT2D eigenvalue weighted by molar-refractivity contribution is 0.149. The van der Waals surface area contributed by atoms with Crippen molar-refractivity contribution in [2.24, 2.45) is 5.92 Å². The van der Waals surface area contributed by atoms with Crippen LogP contribution in [0.3, 0.4) is 0 Å². The van der Waals surface area contributed by atoms with Gasteiger partial charge >= 0.3 is 0 Å². The third kappa shape index (κ3) is 5.08. The fraction of sp³-hybridized carbons (Fsp3) is 0.440. The van der Waals surface area contributed by atoms with E-state index in [2.05, 4.69) is 62.0 Å². The Kier molecular flexibility index (Phi) is 7.08. The molecule has 0 spiro atoms. The minimum absolute atomic E-state index is 0.601. The Bertz CT molecular complexity index is 660. The normalized spacial score (nSPS) is 20.0. The zero-order valence-corrected chi connectivity index (χ0v) is 16.1. The number of rotatable bonds is 8. The Labute approximate surface area is 159 Å². The molecule has 0 atom stereocenters. The highest BCUT2D eigenvalue weighted by Gasteiger charge is 2.21. The molecule has 0 aliphatic heterocycles. The van der Waals surface area contributed by atoms with Crippen molar-refractivity contribution in [2.75, 3.05) is 6.61 Å². The minimum Gasteiger partial charge on any atom is -0.373 e. The van der Waals surface area contributed by atoms with Gasteiger partial charge in [-0.2, -0.15) is 0 Å². The molecule has 0 saturated heterocycles. The summed E-state index contributed by atoms with van der Waals surface area (Å²) in [6.07, 6.45) is 10.1. The fourth-order valence-corrected chi connectivity index (χ4v) is 4.19. The van der Waals surface area contributed by atoms with Gasteiger partial charge in [-0.15, -0.1) is 6.58 Å². The minimum atomic E-state index is 0.601. The van der Waals surface area contributed by atoms with Crippen molar-refractivity contribution in [3.05, 3.63) is 72.3 Å².